The minimum atomic E-state index is -0.444. The second-order valence-corrected chi connectivity index (χ2v) is 4.64. The molecule has 0 bridgehead atoms. The van der Waals surface area contributed by atoms with Crippen molar-refractivity contribution in [3.63, 3.8) is 0 Å². The summed E-state index contributed by atoms with van der Waals surface area (Å²) in [4.78, 5) is 24.3. The molecule has 6 heteroatoms. The summed E-state index contributed by atoms with van der Waals surface area (Å²) < 4.78 is 10.0. The van der Waals surface area contributed by atoms with E-state index in [4.69, 9.17) is 16.3 Å². The van der Waals surface area contributed by atoms with E-state index in [1.165, 1.54) is 12.0 Å². The SMILES string of the molecule is COC(=O)CN1CC(c2cccc(Cl)c2)OCC1=O. The van der Waals surface area contributed by atoms with E-state index < -0.39 is 5.97 Å². The van der Waals surface area contributed by atoms with Gasteiger partial charge in [0.1, 0.15) is 19.3 Å². The van der Waals surface area contributed by atoms with Crippen LogP contribution in [0.3, 0.4) is 0 Å². The van der Waals surface area contributed by atoms with Crippen molar-refractivity contribution < 1.29 is 19.1 Å². The van der Waals surface area contributed by atoms with Gasteiger partial charge in [-0.05, 0) is 17.7 Å². The molecule has 0 saturated carbocycles. The number of carbonyl (C=O) groups excluding carboxylic acids is 2. The van der Waals surface area contributed by atoms with Crippen LogP contribution in [0.4, 0.5) is 0 Å². The van der Waals surface area contributed by atoms with Crippen LogP contribution in [-0.2, 0) is 19.1 Å². The quantitative estimate of drug-likeness (QED) is 0.787. The lowest BCUT2D eigenvalue weighted by atomic mass is 10.1. The zero-order valence-corrected chi connectivity index (χ0v) is 11.2. The maximum Gasteiger partial charge on any atom is 0.325 e. The summed E-state index contributed by atoms with van der Waals surface area (Å²) in [6, 6.07) is 7.26. The molecule has 0 N–H and O–H groups in total. The number of amides is 1. The number of hydrogen-bond acceptors (Lipinski definition) is 4. The molecule has 19 heavy (non-hydrogen) atoms. The first kappa shape index (κ1) is 13.8. The van der Waals surface area contributed by atoms with E-state index in [0.29, 0.717) is 11.6 Å². The minimum absolute atomic E-state index is 0.0474. The molecule has 1 aliphatic rings. The maximum absolute atomic E-state index is 11.7. The first-order valence-electron chi connectivity index (χ1n) is 5.82. The molecular weight excluding hydrogens is 270 g/mol. The Bertz CT molecular complexity index is 491. The molecule has 1 unspecified atom stereocenters. The number of benzene rings is 1. The van der Waals surface area contributed by atoms with Crippen molar-refractivity contribution in [2.45, 2.75) is 6.10 Å². The molecule has 1 fully saturated rings. The van der Waals surface area contributed by atoms with Crippen LogP contribution in [0.2, 0.25) is 5.02 Å². The van der Waals surface area contributed by atoms with Crippen LogP contribution in [0.5, 0.6) is 0 Å². The number of carbonyl (C=O) groups is 2. The number of esters is 1. The van der Waals surface area contributed by atoms with E-state index >= 15 is 0 Å². The van der Waals surface area contributed by atoms with Gasteiger partial charge in [-0.1, -0.05) is 23.7 Å². The zero-order valence-electron chi connectivity index (χ0n) is 10.5. The molecule has 1 heterocycles. The van der Waals surface area contributed by atoms with Gasteiger partial charge in [-0.15, -0.1) is 0 Å². The summed E-state index contributed by atoms with van der Waals surface area (Å²) in [5.74, 6) is -0.663. The summed E-state index contributed by atoms with van der Waals surface area (Å²) in [5, 5.41) is 0.609. The van der Waals surface area contributed by atoms with E-state index in [-0.39, 0.29) is 25.2 Å². The molecule has 2 rings (SSSR count). The molecule has 5 nitrogen and oxygen atoms in total. The number of morpholine rings is 1. The summed E-state index contributed by atoms with van der Waals surface area (Å²) in [5.41, 5.74) is 0.884. The molecule has 1 saturated heterocycles. The van der Waals surface area contributed by atoms with Crippen LogP contribution < -0.4 is 0 Å². The predicted molar refractivity (Wildman–Crippen MR) is 68.7 cm³/mol. The standard InChI is InChI=1S/C13H14ClNO4/c1-18-13(17)7-15-6-11(19-8-12(15)16)9-3-2-4-10(14)5-9/h2-5,11H,6-8H2,1H3. The Morgan fingerprint density at radius 1 is 1.58 bits per heavy atom. The van der Waals surface area contributed by atoms with Gasteiger partial charge in [-0.25, -0.2) is 0 Å². The lowest BCUT2D eigenvalue weighted by Gasteiger charge is -2.32. The fourth-order valence-electron chi connectivity index (χ4n) is 1.90. The van der Waals surface area contributed by atoms with Crippen LogP contribution in [0, 0.1) is 0 Å². The number of ether oxygens (including phenoxy) is 2. The van der Waals surface area contributed by atoms with E-state index in [0.717, 1.165) is 5.56 Å². The fraction of sp³-hybridized carbons (Fsp3) is 0.385. The molecule has 1 atom stereocenters. The third-order valence-electron chi connectivity index (χ3n) is 2.91. The van der Waals surface area contributed by atoms with Gasteiger partial charge >= 0.3 is 5.97 Å². The minimum Gasteiger partial charge on any atom is -0.468 e. The van der Waals surface area contributed by atoms with Gasteiger partial charge < -0.3 is 14.4 Å². The van der Waals surface area contributed by atoms with Crippen molar-refractivity contribution in [2.24, 2.45) is 0 Å². The summed E-state index contributed by atoms with van der Waals surface area (Å²) in [6.07, 6.45) is -0.277. The van der Waals surface area contributed by atoms with Crippen LogP contribution in [0.1, 0.15) is 11.7 Å². The van der Waals surface area contributed by atoms with Crippen LogP contribution >= 0.6 is 11.6 Å². The summed E-state index contributed by atoms with van der Waals surface area (Å²) in [6.45, 7) is 0.207. The molecule has 1 aliphatic heterocycles. The van der Waals surface area contributed by atoms with Gasteiger partial charge in [0.05, 0.1) is 13.7 Å². The normalized spacial score (nSPS) is 19.4. The van der Waals surface area contributed by atoms with E-state index in [1.807, 2.05) is 12.1 Å². The smallest absolute Gasteiger partial charge is 0.325 e. The molecule has 0 spiro atoms. The Labute approximate surface area is 116 Å². The molecule has 1 amide bonds. The molecule has 0 radical (unpaired) electrons. The fourth-order valence-corrected chi connectivity index (χ4v) is 2.10. The largest absolute Gasteiger partial charge is 0.468 e. The molecule has 102 valence electrons. The third kappa shape index (κ3) is 3.45. The van der Waals surface area contributed by atoms with Gasteiger partial charge in [0.25, 0.3) is 0 Å². The number of methoxy groups -OCH3 is 1. The molecule has 0 aliphatic carbocycles. The number of nitrogens with zero attached hydrogens (tertiary/aromatic N) is 1. The van der Waals surface area contributed by atoms with Crippen molar-refractivity contribution in [3.05, 3.63) is 34.9 Å². The average molecular weight is 284 g/mol. The van der Waals surface area contributed by atoms with Crippen LogP contribution in [0.25, 0.3) is 0 Å². The van der Waals surface area contributed by atoms with E-state index in [1.54, 1.807) is 12.1 Å². The Hall–Kier alpha value is -1.59. The van der Waals surface area contributed by atoms with Crippen molar-refractivity contribution in [1.82, 2.24) is 4.90 Å². The topological polar surface area (TPSA) is 55.8 Å². The Morgan fingerprint density at radius 2 is 2.37 bits per heavy atom. The first-order chi connectivity index (χ1) is 9.10. The zero-order chi connectivity index (χ0) is 13.8. The van der Waals surface area contributed by atoms with E-state index in [2.05, 4.69) is 4.74 Å². The van der Waals surface area contributed by atoms with Gasteiger partial charge in [-0.3, -0.25) is 9.59 Å². The Morgan fingerprint density at radius 3 is 3.05 bits per heavy atom. The monoisotopic (exact) mass is 283 g/mol. The summed E-state index contributed by atoms with van der Waals surface area (Å²) in [7, 11) is 1.29. The molecule has 1 aromatic carbocycles. The number of hydrogen-bond donors (Lipinski definition) is 0. The lowest BCUT2D eigenvalue weighted by molar-refractivity contribution is -0.157. The second-order valence-electron chi connectivity index (χ2n) is 4.21. The predicted octanol–water partition coefficient (Wildman–Crippen LogP) is 1.41. The second kappa shape index (κ2) is 6.04. The van der Waals surface area contributed by atoms with Crippen molar-refractivity contribution >= 4 is 23.5 Å². The van der Waals surface area contributed by atoms with Crippen LogP contribution in [0.15, 0.2) is 24.3 Å². The highest BCUT2D eigenvalue weighted by Crippen LogP contribution is 2.24. The molecule has 1 aromatic rings. The van der Waals surface area contributed by atoms with Gasteiger partial charge in [-0.2, -0.15) is 0 Å². The van der Waals surface area contributed by atoms with Crippen molar-refractivity contribution in [1.29, 1.82) is 0 Å². The Kier molecular flexibility index (Phi) is 4.39. The molecule has 0 aromatic heterocycles. The first-order valence-corrected chi connectivity index (χ1v) is 6.19. The van der Waals surface area contributed by atoms with Gasteiger partial charge in [0, 0.05) is 5.02 Å². The third-order valence-corrected chi connectivity index (χ3v) is 3.15. The maximum atomic E-state index is 11.7. The highest BCUT2D eigenvalue weighted by Gasteiger charge is 2.28. The number of halogens is 1. The highest BCUT2D eigenvalue weighted by molar-refractivity contribution is 6.30. The van der Waals surface area contributed by atoms with Crippen molar-refractivity contribution in [2.75, 3.05) is 26.8 Å². The lowest BCUT2D eigenvalue weighted by Crippen LogP contribution is -2.45. The van der Waals surface area contributed by atoms with Gasteiger partial charge in [0.15, 0.2) is 0 Å². The highest BCUT2D eigenvalue weighted by atomic mass is 35.5. The Balaban J connectivity index is 2.08. The molecular formula is C13H14ClNO4. The summed E-state index contributed by atoms with van der Waals surface area (Å²) >= 11 is 5.93. The van der Waals surface area contributed by atoms with Gasteiger partial charge in [0.2, 0.25) is 5.91 Å². The average Bonchev–Trinajstić information content (AvgIpc) is 2.41. The van der Waals surface area contributed by atoms with Crippen molar-refractivity contribution in [3.8, 4) is 0 Å². The van der Waals surface area contributed by atoms with Crippen LogP contribution in [-0.4, -0.2) is 43.6 Å². The number of rotatable bonds is 3. The van der Waals surface area contributed by atoms with E-state index in [9.17, 15) is 9.59 Å².